The molecule has 0 spiro atoms. The van der Waals surface area contributed by atoms with Crippen LogP contribution in [0.25, 0.3) is 0 Å². The van der Waals surface area contributed by atoms with Crippen molar-refractivity contribution in [3.05, 3.63) is 29.3 Å². The highest BCUT2D eigenvalue weighted by atomic mass is 32.2. The highest BCUT2D eigenvalue weighted by Gasteiger charge is 2.17. The number of likely N-dealkylation sites (N-methyl/N-ethyl adjacent to an activating group) is 1. The number of piperazine rings is 1. The van der Waals surface area contributed by atoms with Gasteiger partial charge in [0.2, 0.25) is 0 Å². The van der Waals surface area contributed by atoms with Crippen LogP contribution in [0.2, 0.25) is 0 Å². The standard InChI is InChI=1S/C13H20N2S/c1-10-4-5-12(8-11(10)2)16-13-9-15(3)7-6-14-13/h4-5,8,13-14H,6-7,9H2,1-3H3. The topological polar surface area (TPSA) is 15.3 Å². The van der Waals surface area contributed by atoms with Crippen LogP contribution in [0.1, 0.15) is 11.1 Å². The largest absolute Gasteiger partial charge is 0.303 e. The molecule has 0 aliphatic carbocycles. The summed E-state index contributed by atoms with van der Waals surface area (Å²) in [6.07, 6.45) is 0. The molecule has 16 heavy (non-hydrogen) atoms. The second-order valence-electron chi connectivity index (χ2n) is 4.57. The van der Waals surface area contributed by atoms with Gasteiger partial charge in [-0.05, 0) is 44.2 Å². The molecule has 0 amide bonds. The van der Waals surface area contributed by atoms with E-state index in [0.717, 1.165) is 19.6 Å². The van der Waals surface area contributed by atoms with Crippen LogP contribution in [0, 0.1) is 13.8 Å². The van der Waals surface area contributed by atoms with Crippen molar-refractivity contribution in [1.29, 1.82) is 0 Å². The first-order chi connectivity index (χ1) is 7.65. The van der Waals surface area contributed by atoms with Gasteiger partial charge in [0.25, 0.3) is 0 Å². The number of nitrogens with one attached hydrogen (secondary N) is 1. The van der Waals surface area contributed by atoms with Crippen LogP contribution in [-0.4, -0.2) is 37.0 Å². The zero-order chi connectivity index (χ0) is 11.5. The van der Waals surface area contributed by atoms with Gasteiger partial charge < -0.3 is 10.2 Å². The number of thioether (sulfide) groups is 1. The molecule has 0 bridgehead atoms. The lowest BCUT2D eigenvalue weighted by Gasteiger charge is -2.30. The Hall–Kier alpha value is -0.510. The van der Waals surface area contributed by atoms with Crippen LogP contribution in [0.15, 0.2) is 23.1 Å². The average Bonchev–Trinajstić information content (AvgIpc) is 2.24. The van der Waals surface area contributed by atoms with Gasteiger partial charge in [-0.2, -0.15) is 0 Å². The van der Waals surface area contributed by atoms with Crippen LogP contribution < -0.4 is 5.32 Å². The predicted molar refractivity (Wildman–Crippen MR) is 71.1 cm³/mol. The van der Waals surface area contributed by atoms with E-state index in [1.54, 1.807) is 0 Å². The Morgan fingerprint density at radius 1 is 1.31 bits per heavy atom. The van der Waals surface area contributed by atoms with E-state index < -0.39 is 0 Å². The summed E-state index contributed by atoms with van der Waals surface area (Å²) in [5.41, 5.74) is 2.76. The fourth-order valence-corrected chi connectivity index (χ4v) is 3.14. The minimum absolute atomic E-state index is 0.529. The van der Waals surface area contributed by atoms with Crippen molar-refractivity contribution in [2.24, 2.45) is 0 Å². The molecule has 1 N–H and O–H groups in total. The Morgan fingerprint density at radius 2 is 2.12 bits per heavy atom. The summed E-state index contributed by atoms with van der Waals surface area (Å²) in [5.74, 6) is 0. The van der Waals surface area contributed by atoms with E-state index in [-0.39, 0.29) is 0 Å². The van der Waals surface area contributed by atoms with Crippen molar-refractivity contribution >= 4 is 11.8 Å². The van der Waals surface area contributed by atoms with Gasteiger partial charge in [-0.15, -0.1) is 11.8 Å². The fourth-order valence-electron chi connectivity index (χ4n) is 1.89. The van der Waals surface area contributed by atoms with Gasteiger partial charge in [0, 0.05) is 24.5 Å². The lowest BCUT2D eigenvalue weighted by atomic mass is 10.1. The molecule has 88 valence electrons. The average molecular weight is 236 g/mol. The van der Waals surface area contributed by atoms with Crippen LogP contribution in [0.3, 0.4) is 0 Å². The zero-order valence-corrected chi connectivity index (χ0v) is 11.1. The maximum absolute atomic E-state index is 3.55. The van der Waals surface area contributed by atoms with E-state index in [1.807, 2.05) is 11.8 Å². The summed E-state index contributed by atoms with van der Waals surface area (Å²) in [4.78, 5) is 3.76. The molecule has 1 atom stereocenters. The molecule has 1 aromatic carbocycles. The molecular weight excluding hydrogens is 216 g/mol. The van der Waals surface area contributed by atoms with Gasteiger partial charge in [-0.3, -0.25) is 0 Å². The molecule has 2 nitrogen and oxygen atoms in total. The van der Waals surface area contributed by atoms with Gasteiger partial charge in [0.05, 0.1) is 5.37 Å². The van der Waals surface area contributed by atoms with Gasteiger partial charge in [0.1, 0.15) is 0 Å². The van der Waals surface area contributed by atoms with E-state index in [1.165, 1.54) is 16.0 Å². The van der Waals surface area contributed by atoms with Crippen LogP contribution in [-0.2, 0) is 0 Å². The summed E-state index contributed by atoms with van der Waals surface area (Å²) < 4.78 is 0. The van der Waals surface area contributed by atoms with Crippen molar-refractivity contribution < 1.29 is 0 Å². The predicted octanol–water partition coefficient (Wildman–Crippen LogP) is 2.26. The zero-order valence-electron chi connectivity index (χ0n) is 10.3. The first kappa shape index (κ1) is 12.0. The number of aryl methyl sites for hydroxylation is 2. The van der Waals surface area contributed by atoms with E-state index >= 15 is 0 Å². The molecule has 0 aromatic heterocycles. The van der Waals surface area contributed by atoms with Gasteiger partial charge in [0.15, 0.2) is 0 Å². The maximum Gasteiger partial charge on any atom is 0.0708 e. The van der Waals surface area contributed by atoms with Crippen LogP contribution >= 0.6 is 11.8 Å². The third-order valence-corrected chi connectivity index (χ3v) is 4.23. The Balaban J connectivity index is 2.00. The Kier molecular flexibility index (Phi) is 3.90. The van der Waals surface area contributed by atoms with Gasteiger partial charge >= 0.3 is 0 Å². The molecule has 0 radical (unpaired) electrons. The molecule has 1 unspecified atom stereocenters. The summed E-state index contributed by atoms with van der Waals surface area (Å²) in [5, 5.41) is 4.08. The highest BCUT2D eigenvalue weighted by molar-refractivity contribution is 8.00. The molecule has 1 fully saturated rings. The molecule has 1 aliphatic heterocycles. The molecule has 1 heterocycles. The normalized spacial score (nSPS) is 22.3. The second kappa shape index (κ2) is 5.21. The van der Waals surface area contributed by atoms with Crippen LogP contribution in [0.5, 0.6) is 0 Å². The second-order valence-corrected chi connectivity index (χ2v) is 5.85. The summed E-state index contributed by atoms with van der Waals surface area (Å²) in [7, 11) is 2.19. The molecular formula is C13H20N2S. The fraction of sp³-hybridized carbons (Fsp3) is 0.538. The highest BCUT2D eigenvalue weighted by Crippen LogP contribution is 2.25. The quantitative estimate of drug-likeness (QED) is 0.848. The van der Waals surface area contributed by atoms with Gasteiger partial charge in [-0.25, -0.2) is 0 Å². The monoisotopic (exact) mass is 236 g/mol. The van der Waals surface area contributed by atoms with E-state index in [4.69, 9.17) is 0 Å². The van der Waals surface area contributed by atoms with E-state index in [9.17, 15) is 0 Å². The Labute approximate surface area is 102 Å². The minimum atomic E-state index is 0.529. The first-order valence-corrected chi connectivity index (χ1v) is 6.69. The van der Waals surface area contributed by atoms with Crippen molar-refractivity contribution in [1.82, 2.24) is 10.2 Å². The maximum atomic E-state index is 3.55. The lowest BCUT2D eigenvalue weighted by molar-refractivity contribution is 0.278. The van der Waals surface area contributed by atoms with Crippen molar-refractivity contribution in [3.63, 3.8) is 0 Å². The third kappa shape index (κ3) is 3.00. The summed E-state index contributed by atoms with van der Waals surface area (Å²) in [6, 6.07) is 6.73. The van der Waals surface area contributed by atoms with E-state index in [2.05, 4.69) is 49.3 Å². The number of rotatable bonds is 2. The number of nitrogens with zero attached hydrogens (tertiary/aromatic N) is 1. The van der Waals surface area contributed by atoms with Crippen molar-refractivity contribution in [3.8, 4) is 0 Å². The van der Waals surface area contributed by atoms with Crippen molar-refractivity contribution in [2.45, 2.75) is 24.1 Å². The van der Waals surface area contributed by atoms with Gasteiger partial charge in [-0.1, -0.05) is 6.07 Å². The van der Waals surface area contributed by atoms with Crippen LogP contribution in [0.4, 0.5) is 0 Å². The molecule has 3 heteroatoms. The summed E-state index contributed by atoms with van der Waals surface area (Å²) in [6.45, 7) is 7.72. The minimum Gasteiger partial charge on any atom is -0.303 e. The Bertz CT molecular complexity index is 365. The molecule has 1 aliphatic rings. The number of hydrogen-bond acceptors (Lipinski definition) is 3. The Morgan fingerprint density at radius 3 is 2.81 bits per heavy atom. The van der Waals surface area contributed by atoms with E-state index in [0.29, 0.717) is 5.37 Å². The third-order valence-electron chi connectivity index (χ3n) is 3.10. The summed E-state index contributed by atoms with van der Waals surface area (Å²) >= 11 is 1.94. The SMILES string of the molecule is Cc1ccc(SC2CN(C)CCN2)cc1C. The molecule has 1 saturated heterocycles. The lowest BCUT2D eigenvalue weighted by Crippen LogP contribution is -2.47. The molecule has 1 aromatic rings. The number of hydrogen-bond donors (Lipinski definition) is 1. The smallest absolute Gasteiger partial charge is 0.0708 e. The van der Waals surface area contributed by atoms with Crippen molar-refractivity contribution in [2.75, 3.05) is 26.7 Å². The molecule has 0 saturated carbocycles. The molecule has 2 rings (SSSR count). The first-order valence-electron chi connectivity index (χ1n) is 5.81. The number of benzene rings is 1.